The molecule has 0 unspecified atom stereocenters. The van der Waals surface area contributed by atoms with Crippen molar-refractivity contribution in [3.05, 3.63) is 29.8 Å². The Labute approximate surface area is 106 Å². The number of anilines is 1. The molecule has 1 amide bonds. The zero-order valence-electron chi connectivity index (χ0n) is 10.3. The largest absolute Gasteiger partial charge is 0.481 e. The number of para-hydroxylation sites is 1. The fourth-order valence-electron chi connectivity index (χ4n) is 2.28. The van der Waals surface area contributed by atoms with Gasteiger partial charge >= 0.3 is 5.97 Å². The van der Waals surface area contributed by atoms with Crippen LogP contribution in [0.3, 0.4) is 0 Å². The molecule has 18 heavy (non-hydrogen) atoms. The molecule has 0 aliphatic carbocycles. The van der Waals surface area contributed by atoms with Gasteiger partial charge in [0.05, 0.1) is 6.42 Å². The van der Waals surface area contributed by atoms with E-state index in [0.29, 0.717) is 19.4 Å². The van der Waals surface area contributed by atoms with E-state index in [1.54, 1.807) is 0 Å². The Bertz CT molecular complexity index is 456. The van der Waals surface area contributed by atoms with Crippen LogP contribution in [-0.2, 0) is 16.0 Å². The molecule has 2 rings (SSSR count). The Kier molecular flexibility index (Phi) is 3.97. The van der Waals surface area contributed by atoms with Gasteiger partial charge in [0.25, 0.3) is 0 Å². The summed E-state index contributed by atoms with van der Waals surface area (Å²) in [6.45, 7) is 0.690. The van der Waals surface area contributed by atoms with Gasteiger partial charge in [-0.2, -0.15) is 0 Å². The summed E-state index contributed by atoms with van der Waals surface area (Å²) >= 11 is 0. The number of nitrogens with zero attached hydrogens (tertiary/aromatic N) is 1. The smallest absolute Gasteiger partial charge is 0.303 e. The highest BCUT2D eigenvalue weighted by Crippen LogP contribution is 2.28. The van der Waals surface area contributed by atoms with Gasteiger partial charge in [-0.1, -0.05) is 24.6 Å². The molecule has 0 fully saturated rings. The molecule has 0 saturated carbocycles. The van der Waals surface area contributed by atoms with Crippen LogP contribution in [0.4, 0.5) is 5.69 Å². The summed E-state index contributed by atoms with van der Waals surface area (Å²) in [5.41, 5.74) is 2.11. The lowest BCUT2D eigenvalue weighted by molar-refractivity contribution is -0.137. The first-order valence-electron chi connectivity index (χ1n) is 6.28. The van der Waals surface area contributed by atoms with E-state index in [-0.39, 0.29) is 12.3 Å². The summed E-state index contributed by atoms with van der Waals surface area (Å²) in [5.74, 6) is -0.605. The lowest BCUT2D eigenvalue weighted by Gasteiger charge is -2.17. The lowest BCUT2D eigenvalue weighted by atomic mass is 10.1. The molecule has 1 aliphatic rings. The number of unbranched alkanes of at least 4 members (excludes halogenated alkanes) is 2. The molecule has 1 aliphatic heterocycles. The summed E-state index contributed by atoms with van der Waals surface area (Å²) in [6, 6.07) is 7.84. The van der Waals surface area contributed by atoms with E-state index < -0.39 is 5.97 Å². The lowest BCUT2D eigenvalue weighted by Crippen LogP contribution is -2.27. The summed E-state index contributed by atoms with van der Waals surface area (Å²) in [6.07, 6.45) is 3.08. The highest BCUT2D eigenvalue weighted by atomic mass is 16.4. The molecule has 96 valence electrons. The molecular formula is C14H17NO3. The van der Waals surface area contributed by atoms with E-state index in [1.165, 1.54) is 0 Å². The Balaban J connectivity index is 1.83. The van der Waals surface area contributed by atoms with Crippen molar-refractivity contribution >= 4 is 17.6 Å². The van der Waals surface area contributed by atoms with Crippen molar-refractivity contribution in [2.24, 2.45) is 0 Å². The minimum absolute atomic E-state index is 0.148. The number of hydrogen-bond acceptors (Lipinski definition) is 2. The van der Waals surface area contributed by atoms with E-state index in [0.717, 1.165) is 24.1 Å². The number of carbonyl (C=O) groups excluding carboxylic acids is 1. The van der Waals surface area contributed by atoms with Crippen LogP contribution in [0.25, 0.3) is 0 Å². The topological polar surface area (TPSA) is 57.6 Å². The highest BCUT2D eigenvalue weighted by molar-refractivity contribution is 6.01. The second kappa shape index (κ2) is 5.67. The van der Waals surface area contributed by atoms with Gasteiger partial charge in [0.1, 0.15) is 0 Å². The Morgan fingerprint density at radius 3 is 2.78 bits per heavy atom. The van der Waals surface area contributed by atoms with Crippen LogP contribution >= 0.6 is 0 Å². The van der Waals surface area contributed by atoms with Crippen LogP contribution in [0.2, 0.25) is 0 Å². The minimum Gasteiger partial charge on any atom is -0.481 e. The zero-order chi connectivity index (χ0) is 13.0. The summed E-state index contributed by atoms with van der Waals surface area (Å²) in [7, 11) is 0. The molecule has 0 radical (unpaired) electrons. The predicted molar refractivity (Wildman–Crippen MR) is 68.6 cm³/mol. The predicted octanol–water partition coefficient (Wildman–Crippen LogP) is 2.22. The first-order valence-corrected chi connectivity index (χ1v) is 6.28. The number of amides is 1. The van der Waals surface area contributed by atoms with Gasteiger partial charge in [0.2, 0.25) is 5.91 Å². The molecule has 1 aromatic carbocycles. The quantitative estimate of drug-likeness (QED) is 0.784. The van der Waals surface area contributed by atoms with Crippen molar-refractivity contribution in [1.29, 1.82) is 0 Å². The van der Waals surface area contributed by atoms with Crippen LogP contribution in [0.5, 0.6) is 0 Å². The van der Waals surface area contributed by atoms with E-state index in [9.17, 15) is 9.59 Å². The molecule has 4 heteroatoms. The van der Waals surface area contributed by atoms with Crippen LogP contribution in [0, 0.1) is 0 Å². The maximum atomic E-state index is 11.8. The number of benzene rings is 1. The number of fused-ring (bicyclic) bond motifs is 1. The highest BCUT2D eigenvalue weighted by Gasteiger charge is 2.25. The number of carboxylic acids is 1. The van der Waals surface area contributed by atoms with Crippen LogP contribution in [-0.4, -0.2) is 23.5 Å². The van der Waals surface area contributed by atoms with Crippen molar-refractivity contribution in [2.75, 3.05) is 11.4 Å². The second-order valence-electron chi connectivity index (χ2n) is 4.56. The van der Waals surface area contributed by atoms with Crippen molar-refractivity contribution < 1.29 is 14.7 Å². The number of rotatable bonds is 6. The van der Waals surface area contributed by atoms with Gasteiger partial charge in [-0.25, -0.2) is 0 Å². The van der Waals surface area contributed by atoms with Gasteiger partial charge in [0.15, 0.2) is 0 Å². The van der Waals surface area contributed by atoms with Crippen LogP contribution in [0.15, 0.2) is 24.3 Å². The maximum absolute atomic E-state index is 11.8. The van der Waals surface area contributed by atoms with Crippen LogP contribution in [0.1, 0.15) is 31.2 Å². The number of aliphatic carboxylic acids is 1. The Hall–Kier alpha value is -1.84. The number of carbonyl (C=O) groups is 2. The SMILES string of the molecule is O=C(O)CCCCCN1C(=O)Cc2ccccc21. The summed E-state index contributed by atoms with van der Waals surface area (Å²) in [4.78, 5) is 24.0. The molecule has 0 spiro atoms. The molecular weight excluding hydrogens is 230 g/mol. The molecule has 4 nitrogen and oxygen atoms in total. The second-order valence-corrected chi connectivity index (χ2v) is 4.56. The number of hydrogen-bond donors (Lipinski definition) is 1. The van der Waals surface area contributed by atoms with E-state index >= 15 is 0 Å². The van der Waals surface area contributed by atoms with Gasteiger partial charge < -0.3 is 10.0 Å². The van der Waals surface area contributed by atoms with E-state index in [1.807, 2.05) is 29.2 Å². The van der Waals surface area contributed by atoms with Crippen molar-refractivity contribution in [3.8, 4) is 0 Å². The van der Waals surface area contributed by atoms with Crippen molar-refractivity contribution in [3.63, 3.8) is 0 Å². The van der Waals surface area contributed by atoms with Gasteiger partial charge in [-0.3, -0.25) is 9.59 Å². The van der Waals surface area contributed by atoms with E-state index in [2.05, 4.69) is 0 Å². The van der Waals surface area contributed by atoms with E-state index in [4.69, 9.17) is 5.11 Å². The minimum atomic E-state index is -0.752. The van der Waals surface area contributed by atoms with Gasteiger partial charge in [-0.15, -0.1) is 0 Å². The first kappa shape index (κ1) is 12.6. The molecule has 1 heterocycles. The van der Waals surface area contributed by atoms with Crippen LogP contribution < -0.4 is 4.90 Å². The Morgan fingerprint density at radius 2 is 2.00 bits per heavy atom. The van der Waals surface area contributed by atoms with Crippen molar-refractivity contribution in [1.82, 2.24) is 0 Å². The number of carboxylic acid groups (broad SMARTS) is 1. The van der Waals surface area contributed by atoms with Crippen molar-refractivity contribution in [2.45, 2.75) is 32.1 Å². The average molecular weight is 247 g/mol. The monoisotopic (exact) mass is 247 g/mol. The maximum Gasteiger partial charge on any atom is 0.303 e. The third-order valence-corrected chi connectivity index (χ3v) is 3.20. The fourth-order valence-corrected chi connectivity index (χ4v) is 2.28. The molecule has 0 aromatic heterocycles. The third kappa shape index (κ3) is 2.88. The molecule has 1 N–H and O–H groups in total. The molecule has 0 saturated heterocycles. The molecule has 0 atom stereocenters. The summed E-state index contributed by atoms with van der Waals surface area (Å²) < 4.78 is 0. The van der Waals surface area contributed by atoms with Gasteiger partial charge in [0, 0.05) is 18.7 Å². The molecule has 1 aromatic rings. The fraction of sp³-hybridized carbons (Fsp3) is 0.429. The average Bonchev–Trinajstić information content (AvgIpc) is 2.65. The van der Waals surface area contributed by atoms with Gasteiger partial charge in [-0.05, 0) is 24.5 Å². The molecule has 0 bridgehead atoms. The standard InChI is InChI=1S/C14H17NO3/c16-13-10-11-6-3-4-7-12(11)15(13)9-5-1-2-8-14(17)18/h3-4,6-7H,1-2,5,8-10H2,(H,17,18). The summed E-state index contributed by atoms with van der Waals surface area (Å²) in [5, 5.41) is 8.53. The zero-order valence-corrected chi connectivity index (χ0v) is 10.3. The first-order chi connectivity index (χ1) is 8.68. The third-order valence-electron chi connectivity index (χ3n) is 3.20. The Morgan fingerprint density at radius 1 is 1.22 bits per heavy atom. The normalized spacial score (nSPS) is 13.8.